The van der Waals surface area contributed by atoms with Crippen molar-refractivity contribution < 1.29 is 22.3 Å². The van der Waals surface area contributed by atoms with Crippen molar-refractivity contribution in [1.29, 1.82) is 0 Å². The van der Waals surface area contributed by atoms with Crippen LogP contribution in [0.4, 0.5) is 10.1 Å². The van der Waals surface area contributed by atoms with Gasteiger partial charge in [0.25, 0.3) is 0 Å². The topological polar surface area (TPSA) is 72.5 Å². The molecule has 0 heterocycles. The number of hydrogen-bond donors (Lipinski definition) is 1. The normalized spacial score (nSPS) is 11.4. The maximum atomic E-state index is 13.1. The van der Waals surface area contributed by atoms with Crippen LogP contribution in [0.15, 0.2) is 18.2 Å². The van der Waals surface area contributed by atoms with E-state index in [1.54, 1.807) is 6.92 Å². The predicted octanol–water partition coefficient (Wildman–Crippen LogP) is 1.99. The Labute approximate surface area is 118 Å². The molecular weight excluding hydrogens is 285 g/mol. The van der Waals surface area contributed by atoms with Crippen molar-refractivity contribution in [2.45, 2.75) is 26.0 Å². The van der Waals surface area contributed by atoms with Gasteiger partial charge in [-0.1, -0.05) is 0 Å². The number of carbonyl (C=O) groups excluding carboxylic acids is 1. The number of anilines is 1. The van der Waals surface area contributed by atoms with Gasteiger partial charge < -0.3 is 10.1 Å². The number of carbonyl (C=O) groups is 1. The lowest BCUT2D eigenvalue weighted by atomic mass is 10.3. The Kier molecular flexibility index (Phi) is 5.50. The lowest BCUT2D eigenvalue weighted by molar-refractivity contribution is -0.113. The molecule has 0 aliphatic heterocycles. The summed E-state index contributed by atoms with van der Waals surface area (Å²) >= 11 is 0. The lowest BCUT2D eigenvalue weighted by Crippen LogP contribution is -2.28. The average Bonchev–Trinajstić information content (AvgIpc) is 2.32. The zero-order chi connectivity index (χ0) is 15.3. The van der Waals surface area contributed by atoms with Crippen molar-refractivity contribution in [2.75, 3.05) is 17.7 Å². The Morgan fingerprint density at radius 2 is 2.05 bits per heavy atom. The molecule has 0 aliphatic carbocycles. The van der Waals surface area contributed by atoms with E-state index in [2.05, 4.69) is 5.32 Å². The number of amides is 1. The summed E-state index contributed by atoms with van der Waals surface area (Å²) < 4.78 is 41.6. The Balaban J connectivity index is 2.86. The molecule has 0 aromatic heterocycles. The Bertz CT molecular complexity index is 584. The van der Waals surface area contributed by atoms with Crippen molar-refractivity contribution in [3.63, 3.8) is 0 Å². The van der Waals surface area contributed by atoms with E-state index in [1.165, 1.54) is 19.9 Å². The standard InChI is InChI=1S/C13H18FNO4S/c1-4-19-12-7-10(14)5-6-11(12)15-13(16)8-20(17,18)9(2)3/h5-7,9H,4,8H2,1-3H3,(H,15,16). The zero-order valence-electron chi connectivity index (χ0n) is 11.6. The highest BCUT2D eigenvalue weighted by Gasteiger charge is 2.21. The fourth-order valence-electron chi connectivity index (χ4n) is 1.41. The summed E-state index contributed by atoms with van der Waals surface area (Å²) in [5, 5.41) is 1.79. The summed E-state index contributed by atoms with van der Waals surface area (Å²) in [6.45, 7) is 5.04. The van der Waals surface area contributed by atoms with Crippen LogP contribution < -0.4 is 10.1 Å². The predicted molar refractivity (Wildman–Crippen MR) is 75.1 cm³/mol. The van der Waals surface area contributed by atoms with E-state index in [9.17, 15) is 17.6 Å². The van der Waals surface area contributed by atoms with Gasteiger partial charge in [0, 0.05) is 6.07 Å². The number of sulfone groups is 1. The lowest BCUT2D eigenvalue weighted by Gasteiger charge is -2.12. The number of rotatable bonds is 6. The zero-order valence-corrected chi connectivity index (χ0v) is 12.5. The molecule has 0 radical (unpaired) electrons. The summed E-state index contributed by atoms with van der Waals surface area (Å²) in [5.74, 6) is -1.62. The van der Waals surface area contributed by atoms with E-state index in [0.717, 1.165) is 12.1 Å². The molecule has 1 rings (SSSR count). The van der Waals surface area contributed by atoms with Crippen molar-refractivity contribution >= 4 is 21.4 Å². The largest absolute Gasteiger partial charge is 0.492 e. The maximum Gasteiger partial charge on any atom is 0.239 e. The molecule has 0 unspecified atom stereocenters. The van der Waals surface area contributed by atoms with Crippen LogP contribution in [0.5, 0.6) is 5.75 Å². The second kappa shape index (κ2) is 6.69. The van der Waals surface area contributed by atoms with Gasteiger partial charge in [0.15, 0.2) is 9.84 Å². The molecule has 20 heavy (non-hydrogen) atoms. The van der Waals surface area contributed by atoms with E-state index >= 15 is 0 Å². The van der Waals surface area contributed by atoms with Gasteiger partial charge in [-0.3, -0.25) is 4.79 Å². The van der Waals surface area contributed by atoms with Crippen LogP contribution in [0, 0.1) is 5.82 Å². The van der Waals surface area contributed by atoms with E-state index < -0.39 is 32.6 Å². The SMILES string of the molecule is CCOc1cc(F)ccc1NC(=O)CS(=O)(=O)C(C)C. The first kappa shape index (κ1) is 16.4. The minimum absolute atomic E-state index is 0.169. The minimum atomic E-state index is -3.48. The van der Waals surface area contributed by atoms with Crippen LogP contribution in [0.2, 0.25) is 0 Å². The van der Waals surface area contributed by atoms with E-state index in [0.29, 0.717) is 6.61 Å². The highest BCUT2D eigenvalue weighted by atomic mass is 32.2. The summed E-state index contributed by atoms with van der Waals surface area (Å²) in [4.78, 5) is 11.7. The molecule has 1 aromatic rings. The molecule has 0 bridgehead atoms. The molecule has 1 amide bonds. The van der Waals surface area contributed by atoms with Crippen LogP contribution in [-0.4, -0.2) is 31.9 Å². The van der Waals surface area contributed by atoms with Crippen LogP contribution in [0.25, 0.3) is 0 Å². The highest BCUT2D eigenvalue weighted by molar-refractivity contribution is 7.92. The Morgan fingerprint density at radius 3 is 2.60 bits per heavy atom. The van der Waals surface area contributed by atoms with Crippen LogP contribution in [0.3, 0.4) is 0 Å². The van der Waals surface area contributed by atoms with E-state index in [4.69, 9.17) is 4.74 Å². The van der Waals surface area contributed by atoms with Crippen molar-refractivity contribution in [1.82, 2.24) is 0 Å². The molecule has 0 saturated carbocycles. The number of benzene rings is 1. The molecule has 5 nitrogen and oxygen atoms in total. The van der Waals surface area contributed by atoms with Crippen molar-refractivity contribution in [2.24, 2.45) is 0 Å². The van der Waals surface area contributed by atoms with Crippen LogP contribution in [-0.2, 0) is 14.6 Å². The number of nitrogens with one attached hydrogen (secondary N) is 1. The molecule has 0 atom stereocenters. The summed E-state index contributed by atoms with van der Waals surface area (Å²) in [6, 6.07) is 3.63. The molecule has 7 heteroatoms. The molecular formula is C13H18FNO4S. The smallest absolute Gasteiger partial charge is 0.239 e. The first-order valence-electron chi connectivity index (χ1n) is 6.20. The van der Waals surface area contributed by atoms with Crippen LogP contribution in [0.1, 0.15) is 20.8 Å². The molecule has 0 aliphatic rings. The van der Waals surface area contributed by atoms with Gasteiger partial charge in [0.1, 0.15) is 17.3 Å². The van der Waals surface area contributed by atoms with Gasteiger partial charge in [-0.15, -0.1) is 0 Å². The third-order valence-corrected chi connectivity index (χ3v) is 4.67. The van der Waals surface area contributed by atoms with E-state index in [-0.39, 0.29) is 11.4 Å². The van der Waals surface area contributed by atoms with E-state index in [1.807, 2.05) is 0 Å². The third-order valence-electron chi connectivity index (χ3n) is 2.57. The molecule has 112 valence electrons. The average molecular weight is 303 g/mol. The summed E-state index contributed by atoms with van der Waals surface area (Å²) in [6.07, 6.45) is 0. The number of ether oxygens (including phenoxy) is 1. The quantitative estimate of drug-likeness (QED) is 0.872. The van der Waals surface area contributed by atoms with Gasteiger partial charge in [-0.25, -0.2) is 12.8 Å². The highest BCUT2D eigenvalue weighted by Crippen LogP contribution is 2.25. The third kappa shape index (κ3) is 4.48. The number of halogens is 1. The molecule has 1 aromatic carbocycles. The second-order valence-corrected chi connectivity index (χ2v) is 7.03. The molecule has 0 fully saturated rings. The van der Waals surface area contributed by atoms with Crippen molar-refractivity contribution in [3.05, 3.63) is 24.0 Å². The maximum absolute atomic E-state index is 13.1. The first-order chi connectivity index (χ1) is 9.26. The molecule has 0 spiro atoms. The molecule has 1 N–H and O–H groups in total. The monoisotopic (exact) mass is 303 g/mol. The summed E-state index contributed by atoms with van der Waals surface area (Å²) in [7, 11) is -3.48. The second-order valence-electron chi connectivity index (χ2n) is 4.48. The van der Waals surface area contributed by atoms with Gasteiger partial charge in [0.05, 0.1) is 17.5 Å². The molecule has 0 saturated heterocycles. The fourth-order valence-corrected chi connectivity index (χ4v) is 2.18. The van der Waals surface area contributed by atoms with Crippen molar-refractivity contribution in [3.8, 4) is 5.75 Å². The van der Waals surface area contributed by atoms with Crippen LogP contribution >= 0.6 is 0 Å². The van der Waals surface area contributed by atoms with Gasteiger partial charge >= 0.3 is 0 Å². The number of hydrogen-bond acceptors (Lipinski definition) is 4. The minimum Gasteiger partial charge on any atom is -0.492 e. The fraction of sp³-hybridized carbons (Fsp3) is 0.462. The summed E-state index contributed by atoms with van der Waals surface area (Å²) in [5.41, 5.74) is 0.247. The van der Waals surface area contributed by atoms with Gasteiger partial charge in [-0.2, -0.15) is 0 Å². The Hall–Kier alpha value is -1.63. The first-order valence-corrected chi connectivity index (χ1v) is 7.91. The van der Waals surface area contributed by atoms with Gasteiger partial charge in [-0.05, 0) is 32.9 Å². The Morgan fingerprint density at radius 1 is 1.40 bits per heavy atom. The van der Waals surface area contributed by atoms with Gasteiger partial charge in [0.2, 0.25) is 5.91 Å².